The van der Waals surface area contributed by atoms with Crippen LogP contribution in [0.25, 0.3) is 43.4 Å². The molecule has 0 saturated carbocycles. The van der Waals surface area contributed by atoms with E-state index in [-0.39, 0.29) is 81.7 Å². The number of nitrogens with one attached hydrogen (secondary N) is 3. The molecule has 0 atom stereocenters. The summed E-state index contributed by atoms with van der Waals surface area (Å²) in [5, 5.41) is 54.3. The summed E-state index contributed by atoms with van der Waals surface area (Å²) in [7, 11) is -11.7. The lowest BCUT2D eigenvalue weighted by molar-refractivity contribution is -0.116. The van der Waals surface area contributed by atoms with Crippen molar-refractivity contribution in [1.29, 1.82) is 0 Å². The Morgan fingerprint density at radius 3 is 1.32 bits per heavy atom. The number of halogens is 2. The molecule has 0 amide bonds. The summed E-state index contributed by atoms with van der Waals surface area (Å²) in [4.78, 5) is 16.9. The number of carbonyl (C=O) groups is 1. The average Bonchev–Trinajstić information content (AvgIpc) is 0.784. The molecule has 570 valence electrons. The molecule has 29 heteroatoms. The Bertz CT molecular complexity index is 5250. The van der Waals surface area contributed by atoms with E-state index < -0.39 is 36.3 Å². The number of rotatable bonds is 27. The van der Waals surface area contributed by atoms with Crippen LogP contribution >= 0.6 is 35.3 Å². The number of aliphatic hydroxyl groups excluding tert-OH is 2. The van der Waals surface area contributed by atoms with Gasteiger partial charge in [0.2, 0.25) is 0 Å². The molecule has 0 radical (unpaired) electrons. The van der Waals surface area contributed by atoms with E-state index in [1.165, 1.54) is 69.4 Å². The van der Waals surface area contributed by atoms with Gasteiger partial charge in [0.25, 0.3) is 10.0 Å². The number of hydrogen-bond acceptors (Lipinski definition) is 19. The molecule has 0 bridgehead atoms. The van der Waals surface area contributed by atoms with Crippen LogP contribution in [0.2, 0.25) is 0 Å². The van der Waals surface area contributed by atoms with Gasteiger partial charge in [-0.15, -0.1) is 35.3 Å². The minimum atomic E-state index is -3.93. The summed E-state index contributed by atoms with van der Waals surface area (Å²) in [5.74, 6) is 1.54. The largest absolute Gasteiger partial charge is 0.512 e. The number of ether oxygens (including phenoxy) is 2. The Kier molecular flexibility index (Phi) is 27.0. The number of sulfonamides is 1. The number of Topliss-reactive ketones (excluding diaryl/α,β-unsaturated/α-hetero) is 1. The molecule has 0 unspecified atom stereocenters. The second-order valence-corrected chi connectivity index (χ2v) is 34.3. The van der Waals surface area contributed by atoms with Crippen molar-refractivity contribution in [3.63, 3.8) is 0 Å². The molecule has 0 spiro atoms. The predicted molar refractivity (Wildman–Crippen MR) is 432 cm³/mol. The van der Waals surface area contributed by atoms with Gasteiger partial charge in [-0.25, -0.2) is 17.2 Å². The molecule has 8 N–H and O–H groups in total. The molecular weight excluding hydrogens is 1500 g/mol. The molecule has 10 aromatic rings. The molecule has 2 aliphatic heterocycles. The highest BCUT2D eigenvalue weighted by Crippen LogP contribution is 2.44. The smallest absolute Gasteiger partial charge is 0.301 e. The van der Waals surface area contributed by atoms with E-state index in [2.05, 4.69) is 46.1 Å². The number of phenolic OH excluding ortho intramolecular Hbond substituents is 3. The zero-order valence-corrected chi connectivity index (χ0v) is 64.9. The van der Waals surface area contributed by atoms with Crippen molar-refractivity contribution in [2.45, 2.75) is 66.7 Å². The fourth-order valence-corrected chi connectivity index (χ4v) is 17.8. The quantitative estimate of drug-likeness (QED) is 0.0135. The lowest BCUT2D eigenvalue weighted by atomic mass is 10.1. The topological polar surface area (TPSA) is 288 Å². The Labute approximate surface area is 641 Å². The minimum absolute atomic E-state index is 0.0125. The van der Waals surface area contributed by atoms with Gasteiger partial charge in [-0.2, -0.15) is 25.4 Å². The van der Waals surface area contributed by atoms with Crippen LogP contribution in [-0.2, 0) is 35.2 Å². The van der Waals surface area contributed by atoms with Crippen LogP contribution in [0.4, 0.5) is 37.2 Å². The Hall–Kier alpha value is -9.59. The van der Waals surface area contributed by atoms with Crippen molar-refractivity contribution in [3.8, 4) is 39.9 Å². The summed E-state index contributed by atoms with van der Waals surface area (Å²) in [5.41, 5.74) is 4.36. The van der Waals surface area contributed by atoms with E-state index in [1.54, 1.807) is 127 Å². The summed E-state index contributed by atoms with van der Waals surface area (Å²) >= 11 is 3.64. The maximum Gasteiger partial charge on any atom is 0.301 e. The molecule has 2 aliphatic rings. The van der Waals surface area contributed by atoms with Gasteiger partial charge in [0.15, 0.2) is 11.6 Å². The number of hydrogen-bond donors (Lipinski definition) is 8. The molecule has 108 heavy (non-hydrogen) atoms. The lowest BCUT2D eigenvalue weighted by Crippen LogP contribution is -2.50. The van der Waals surface area contributed by atoms with E-state index in [0.717, 1.165) is 40.0 Å². The maximum absolute atomic E-state index is 14.1. The van der Waals surface area contributed by atoms with Crippen LogP contribution in [0.5, 0.6) is 28.7 Å². The number of anilines is 5. The number of carbonyl (C=O) groups excluding carboxylic acids is 1. The van der Waals surface area contributed by atoms with Crippen LogP contribution in [-0.4, -0.2) is 148 Å². The van der Waals surface area contributed by atoms with Gasteiger partial charge in [-0.1, -0.05) is 124 Å². The van der Waals surface area contributed by atoms with Crippen LogP contribution < -0.4 is 33.4 Å². The molecule has 0 aliphatic carbocycles. The van der Waals surface area contributed by atoms with Gasteiger partial charge in [0, 0.05) is 114 Å². The summed E-state index contributed by atoms with van der Waals surface area (Å²) in [6, 6.07) is 50.6. The van der Waals surface area contributed by atoms with Crippen molar-refractivity contribution in [2.24, 2.45) is 5.92 Å². The van der Waals surface area contributed by atoms with Crippen molar-refractivity contribution in [1.82, 2.24) is 8.61 Å². The molecule has 0 aromatic heterocycles. The number of phenols is 3. The Morgan fingerprint density at radius 1 is 0.509 bits per heavy atom. The van der Waals surface area contributed by atoms with Gasteiger partial charge < -0.3 is 44.8 Å². The first kappa shape index (κ1) is 80.9. The summed E-state index contributed by atoms with van der Waals surface area (Å²) in [6.07, 6.45) is 0.174. The molecule has 2 saturated heterocycles. The standard InChI is InChI=1S/C27H33N3O5S2.C26H30FN3O5S2.C26H22FNO4S2/c1-19(2)17-35-22-10-8-21(9-11-22)29-12-14-30(15-13-29)37(33,34)28-25-16-26(36-18-20(3)31)27(32)24-7-5-4-6-23(24)25;1-17(2)35-24-14-19(8-9-22(24)27)29-10-12-30(13-11-29)37(33,34)28-23-15-25(36-16-18(3)31)26(32)21-7-5-4-6-20(21)23;1-17(29)14-15-33-25-16-24(22-4-2-3-5-23(22)26(25)30)28-34(31,32)21-12-8-19(9-13-21)18-6-10-20(27)11-7-18/h4-11,16,19,28,31-32H,3,12-15,17-18H2,1-2H3;4-9,14-15,17,28,31-32H,3,10-13,16H2,1-2H3;2-13,16,28,30H,14-15H2,1H3. The first-order valence-corrected chi connectivity index (χ1v) is 41.7. The van der Waals surface area contributed by atoms with Crippen LogP contribution in [0.1, 0.15) is 41.0 Å². The fraction of sp³-hybridized carbons (Fsp3) is 0.253. The summed E-state index contributed by atoms with van der Waals surface area (Å²) < 4.78 is 129. The first-order valence-electron chi connectivity index (χ1n) is 34.4. The number of ketones is 1. The van der Waals surface area contributed by atoms with Gasteiger partial charge in [-0.05, 0) is 117 Å². The van der Waals surface area contributed by atoms with E-state index in [1.807, 2.05) is 43.0 Å². The lowest BCUT2D eigenvalue weighted by Gasteiger charge is -2.35. The third-order valence-corrected chi connectivity index (χ3v) is 24.8. The number of benzene rings is 10. The number of aromatic hydroxyl groups is 3. The third kappa shape index (κ3) is 21.0. The average molecular weight is 1590 g/mol. The maximum atomic E-state index is 14.1. The molecule has 12 rings (SSSR count). The monoisotopic (exact) mass is 1590 g/mol. The van der Waals surface area contributed by atoms with Crippen LogP contribution in [0.3, 0.4) is 0 Å². The fourth-order valence-electron chi connectivity index (χ4n) is 11.7. The molecular formula is C79H85F2N7O14S6. The van der Waals surface area contributed by atoms with Gasteiger partial charge >= 0.3 is 20.4 Å². The highest BCUT2D eigenvalue weighted by Gasteiger charge is 2.31. The van der Waals surface area contributed by atoms with Crippen molar-refractivity contribution in [3.05, 3.63) is 218 Å². The van der Waals surface area contributed by atoms with Crippen LogP contribution in [0, 0.1) is 17.6 Å². The normalized spacial score (nSPS) is 13.7. The minimum Gasteiger partial charge on any atom is -0.512 e. The van der Waals surface area contributed by atoms with E-state index in [0.29, 0.717) is 128 Å². The number of piperazine rings is 2. The first-order chi connectivity index (χ1) is 51.4. The zero-order valence-electron chi connectivity index (χ0n) is 60.0. The highest BCUT2D eigenvalue weighted by atomic mass is 32.2. The van der Waals surface area contributed by atoms with E-state index in [4.69, 9.17) is 9.47 Å². The van der Waals surface area contributed by atoms with Crippen molar-refractivity contribution in [2.75, 3.05) is 100 Å². The van der Waals surface area contributed by atoms with E-state index >= 15 is 0 Å². The van der Waals surface area contributed by atoms with Gasteiger partial charge in [0.05, 0.1) is 72.4 Å². The third-order valence-electron chi connectivity index (χ3n) is 17.1. The molecule has 21 nitrogen and oxygen atoms in total. The molecule has 2 heterocycles. The zero-order chi connectivity index (χ0) is 77.6. The van der Waals surface area contributed by atoms with Crippen LogP contribution in [0.15, 0.2) is 226 Å². The number of thioether (sulfide) groups is 3. The second-order valence-electron chi connectivity index (χ2n) is 26.1. The SMILES string of the molecule is C=C(O)CSc1cc(NS(=O)(=O)N2CCN(c3ccc(F)c(OC(C)C)c3)CC2)c2ccccc2c1O.C=C(O)CSc1cc(NS(=O)(=O)N2CCN(c3ccc(OCC(C)C)cc3)CC2)c2ccccc2c1O.CC(=O)CCSc1cc(NS(=O)(=O)c2ccc(-c3ccc(F)cc3)cc2)c2ccccc2c1O. The molecule has 2 fully saturated rings. The van der Waals surface area contributed by atoms with Gasteiger partial charge in [0.1, 0.15) is 34.6 Å². The molecule has 10 aromatic carbocycles. The summed E-state index contributed by atoms with van der Waals surface area (Å²) in [6.45, 7) is 20.1. The second kappa shape index (κ2) is 36.1. The van der Waals surface area contributed by atoms with Crippen molar-refractivity contribution >= 4 is 132 Å². The number of fused-ring (bicyclic) bond motifs is 3. The Balaban J connectivity index is 0.000000173. The number of aliphatic hydroxyl groups is 2. The predicted octanol–water partition coefficient (Wildman–Crippen LogP) is 16.6. The van der Waals surface area contributed by atoms with Crippen molar-refractivity contribution < 1.29 is 73.8 Å². The highest BCUT2D eigenvalue weighted by molar-refractivity contribution is 8.00. The number of nitrogens with zero attached hydrogens (tertiary/aromatic N) is 4. The Morgan fingerprint density at radius 2 is 0.907 bits per heavy atom. The van der Waals surface area contributed by atoms with E-state index in [9.17, 15) is 64.4 Å². The van der Waals surface area contributed by atoms with Gasteiger partial charge in [-0.3, -0.25) is 19.0 Å².